The van der Waals surface area contributed by atoms with Crippen molar-refractivity contribution in [2.24, 2.45) is 0 Å². The summed E-state index contributed by atoms with van der Waals surface area (Å²) in [6.45, 7) is 4.32. The molecule has 0 unspecified atom stereocenters. The van der Waals surface area contributed by atoms with E-state index in [1.807, 2.05) is 20.8 Å². The first kappa shape index (κ1) is 44.6. The Hall–Kier alpha value is -6.42. The lowest BCUT2D eigenvalue weighted by molar-refractivity contribution is 0.589. The lowest BCUT2D eigenvalue weighted by atomic mass is 10.0. The van der Waals surface area contributed by atoms with Gasteiger partial charge in [0, 0.05) is 0 Å². The molecule has 0 heterocycles. The largest absolute Gasteiger partial charge is 0.264 e. The van der Waals surface area contributed by atoms with Crippen LogP contribution in [0.4, 0.5) is 30.2 Å². The summed E-state index contributed by atoms with van der Waals surface area (Å²) in [5.74, 6) is -1.79. The SMILES string of the molecule is Cc1ccc(S(=O)(=O)N(Cc2cc(CN(c3ccc(F)cc3)S(=O)(=O)c3ccc(C)cc3)cc(CN(c3ccc(F)cc3)S(=O)(=O)c3ccc(C)cc3)c2)c2ccc(F)cc2)cc1. The Bertz CT molecular complexity index is 2720. The van der Waals surface area contributed by atoms with Crippen molar-refractivity contribution in [1.29, 1.82) is 0 Å². The molecule has 0 aliphatic rings. The van der Waals surface area contributed by atoms with Crippen LogP contribution >= 0.6 is 0 Å². The van der Waals surface area contributed by atoms with Crippen LogP contribution < -0.4 is 12.9 Å². The van der Waals surface area contributed by atoms with E-state index < -0.39 is 47.5 Å². The number of halogens is 3. The first-order valence-corrected chi connectivity index (χ1v) is 23.9. The minimum absolute atomic E-state index is 0.0489. The third-order valence-corrected chi connectivity index (χ3v) is 15.6. The third kappa shape index (κ3) is 10.1. The Morgan fingerprint density at radius 2 is 0.540 bits per heavy atom. The lowest BCUT2D eigenvalue weighted by Gasteiger charge is -2.28. The first-order valence-electron chi connectivity index (χ1n) is 19.6. The average molecular weight is 910 g/mol. The average Bonchev–Trinajstić information content (AvgIpc) is 3.25. The van der Waals surface area contributed by atoms with Crippen LogP contribution in [0.25, 0.3) is 0 Å². The summed E-state index contributed by atoms with van der Waals surface area (Å²) in [5.41, 5.74) is 3.73. The van der Waals surface area contributed by atoms with E-state index in [-0.39, 0.29) is 51.4 Å². The van der Waals surface area contributed by atoms with Crippen molar-refractivity contribution in [3.63, 3.8) is 0 Å². The van der Waals surface area contributed by atoms with Crippen molar-refractivity contribution in [2.45, 2.75) is 55.1 Å². The maximum atomic E-state index is 14.5. The summed E-state index contributed by atoms with van der Waals surface area (Å²) < 4.78 is 133. The van der Waals surface area contributed by atoms with E-state index in [4.69, 9.17) is 0 Å². The van der Waals surface area contributed by atoms with Crippen LogP contribution in [-0.2, 0) is 49.7 Å². The Kier molecular flexibility index (Phi) is 12.8. The molecule has 0 N–H and O–H groups in total. The van der Waals surface area contributed by atoms with E-state index in [0.717, 1.165) is 66.0 Å². The van der Waals surface area contributed by atoms with Gasteiger partial charge < -0.3 is 0 Å². The van der Waals surface area contributed by atoms with Crippen LogP contribution in [0, 0.1) is 38.2 Å². The van der Waals surface area contributed by atoms with Crippen LogP contribution in [-0.4, -0.2) is 25.3 Å². The van der Waals surface area contributed by atoms with Gasteiger partial charge in [-0.3, -0.25) is 12.9 Å². The Balaban J connectivity index is 1.41. The normalized spacial score (nSPS) is 11.9. The van der Waals surface area contributed by atoms with Crippen LogP contribution in [0.5, 0.6) is 0 Å². The second-order valence-corrected chi connectivity index (χ2v) is 20.6. The molecule has 324 valence electrons. The summed E-state index contributed by atoms with van der Waals surface area (Å²) in [4.78, 5) is -0.147. The number of hydrogen-bond donors (Lipinski definition) is 0. The quantitative estimate of drug-likeness (QED) is 0.101. The van der Waals surface area contributed by atoms with Crippen LogP contribution in [0.1, 0.15) is 33.4 Å². The molecule has 0 bridgehead atoms. The van der Waals surface area contributed by atoms with Crippen molar-refractivity contribution in [1.82, 2.24) is 0 Å². The zero-order chi connectivity index (χ0) is 45.1. The van der Waals surface area contributed by atoms with Gasteiger partial charge in [-0.15, -0.1) is 0 Å². The monoisotopic (exact) mass is 909 g/mol. The number of nitrogens with zero attached hydrogens (tertiary/aromatic N) is 3. The Morgan fingerprint density at radius 1 is 0.333 bits per heavy atom. The van der Waals surface area contributed by atoms with E-state index in [1.165, 1.54) is 72.8 Å². The standard InChI is InChI=1S/C48H42F3N3O6S3/c1-34-4-22-46(23-5-34)61(55,56)52(43-16-10-40(49)11-17-43)31-37-28-38(32-53(44-18-12-41(50)13-19-44)62(57,58)47-24-6-35(2)7-25-47)30-39(29-37)33-54(45-20-14-42(51)15-21-45)63(59,60)48-26-8-36(3)9-27-48/h4-30H,31-33H2,1-3H3. The fourth-order valence-electron chi connectivity index (χ4n) is 6.89. The summed E-state index contributed by atoms with van der Waals surface area (Å²) in [5, 5.41) is 0. The maximum Gasteiger partial charge on any atom is 0.264 e. The molecule has 0 aromatic heterocycles. The van der Waals surface area contributed by atoms with E-state index in [2.05, 4.69) is 0 Å². The highest BCUT2D eigenvalue weighted by Crippen LogP contribution is 2.32. The number of aryl methyl sites for hydroxylation is 3. The molecule has 0 saturated heterocycles. The summed E-state index contributed by atoms with van der Waals surface area (Å²) in [7, 11) is -13.0. The number of benzene rings is 7. The van der Waals surface area contributed by atoms with Gasteiger partial charge in [-0.2, -0.15) is 0 Å². The number of hydrogen-bond acceptors (Lipinski definition) is 6. The number of sulfonamides is 3. The summed E-state index contributed by atoms with van der Waals surface area (Å²) >= 11 is 0. The second-order valence-electron chi connectivity index (χ2n) is 15.1. The molecule has 9 nitrogen and oxygen atoms in total. The topological polar surface area (TPSA) is 112 Å². The molecular formula is C48H42F3N3O6S3. The van der Waals surface area contributed by atoms with E-state index in [1.54, 1.807) is 54.6 Å². The molecule has 15 heteroatoms. The van der Waals surface area contributed by atoms with Gasteiger partial charge in [0.05, 0.1) is 51.4 Å². The minimum atomic E-state index is -4.35. The van der Waals surface area contributed by atoms with E-state index in [0.29, 0.717) is 16.7 Å². The molecular weight excluding hydrogens is 868 g/mol. The molecule has 7 aromatic carbocycles. The van der Waals surface area contributed by atoms with Gasteiger partial charge in [0.2, 0.25) is 0 Å². The fourth-order valence-corrected chi connectivity index (χ4v) is 11.2. The molecule has 0 fully saturated rings. The number of anilines is 3. The van der Waals surface area contributed by atoms with Gasteiger partial charge in [0.25, 0.3) is 30.1 Å². The van der Waals surface area contributed by atoms with Crippen molar-refractivity contribution in [3.8, 4) is 0 Å². The highest BCUT2D eigenvalue weighted by molar-refractivity contribution is 7.93. The highest BCUT2D eigenvalue weighted by atomic mass is 32.2. The highest BCUT2D eigenvalue weighted by Gasteiger charge is 2.30. The van der Waals surface area contributed by atoms with Gasteiger partial charge in [-0.25, -0.2) is 38.4 Å². The van der Waals surface area contributed by atoms with Crippen molar-refractivity contribution >= 4 is 47.1 Å². The van der Waals surface area contributed by atoms with Crippen LogP contribution in [0.15, 0.2) is 178 Å². The Morgan fingerprint density at radius 3 is 0.746 bits per heavy atom. The van der Waals surface area contributed by atoms with Gasteiger partial charge in [-0.1, -0.05) is 71.3 Å². The molecule has 0 radical (unpaired) electrons. The van der Waals surface area contributed by atoms with Gasteiger partial charge in [0.15, 0.2) is 0 Å². The third-order valence-electron chi connectivity index (χ3n) is 10.3. The van der Waals surface area contributed by atoms with Crippen LogP contribution in [0.2, 0.25) is 0 Å². The molecule has 0 atom stereocenters. The zero-order valence-electron chi connectivity index (χ0n) is 34.4. The Labute approximate surface area is 366 Å². The van der Waals surface area contributed by atoms with Crippen molar-refractivity contribution < 1.29 is 38.4 Å². The molecule has 0 spiro atoms. The zero-order valence-corrected chi connectivity index (χ0v) is 36.8. The van der Waals surface area contributed by atoms with E-state index >= 15 is 0 Å². The smallest absolute Gasteiger partial charge is 0.262 e. The molecule has 0 aliphatic heterocycles. The van der Waals surface area contributed by atoms with Crippen LogP contribution in [0.3, 0.4) is 0 Å². The number of rotatable bonds is 15. The minimum Gasteiger partial charge on any atom is -0.262 e. The maximum absolute atomic E-state index is 14.5. The van der Waals surface area contributed by atoms with Gasteiger partial charge in [-0.05, 0) is 147 Å². The van der Waals surface area contributed by atoms with Gasteiger partial charge >= 0.3 is 0 Å². The predicted molar refractivity (Wildman–Crippen MR) is 239 cm³/mol. The van der Waals surface area contributed by atoms with Crippen molar-refractivity contribution in [3.05, 3.63) is 215 Å². The fraction of sp³-hybridized carbons (Fsp3) is 0.125. The molecule has 0 amide bonds. The van der Waals surface area contributed by atoms with E-state index in [9.17, 15) is 38.4 Å². The van der Waals surface area contributed by atoms with Gasteiger partial charge in [0.1, 0.15) is 17.5 Å². The first-order chi connectivity index (χ1) is 29.9. The molecule has 7 rings (SSSR count). The second kappa shape index (κ2) is 18.1. The molecule has 0 aliphatic carbocycles. The van der Waals surface area contributed by atoms with Crippen molar-refractivity contribution in [2.75, 3.05) is 12.9 Å². The lowest BCUT2D eigenvalue weighted by Crippen LogP contribution is -2.32. The molecule has 63 heavy (non-hydrogen) atoms. The molecule has 7 aromatic rings. The summed E-state index contributed by atoms with van der Waals surface area (Å²) in [6.07, 6.45) is 0. The summed E-state index contributed by atoms with van der Waals surface area (Å²) in [6, 6.07) is 38.1. The predicted octanol–water partition coefficient (Wildman–Crippen LogP) is 10.2. The molecule has 0 saturated carbocycles.